The maximum absolute atomic E-state index is 12.0. The van der Waals surface area contributed by atoms with Gasteiger partial charge in [-0.2, -0.15) is 0 Å². The molecular formula is C19H27N3O3. The number of carbonyl (C=O) groups excluding carboxylic acids is 3. The molecule has 1 aliphatic rings. The van der Waals surface area contributed by atoms with Crippen molar-refractivity contribution in [1.82, 2.24) is 10.9 Å². The van der Waals surface area contributed by atoms with Gasteiger partial charge in [-0.1, -0.05) is 31.4 Å². The molecule has 2 rings (SSSR count). The molecule has 0 aromatic heterocycles. The van der Waals surface area contributed by atoms with Crippen LogP contribution in [0.4, 0.5) is 5.69 Å². The standard InChI is InChI=1S/C19H27N3O3/c1-13-8-9-14(2)16(12-13)20-17(23)10-11-18(24)21-22-19(25)15-6-4-3-5-7-15/h8-9,12,15H,3-7,10-11H2,1-2H3,(H,20,23)(H,21,24)(H,22,25). The van der Waals surface area contributed by atoms with Crippen molar-refractivity contribution in [3.05, 3.63) is 29.3 Å². The van der Waals surface area contributed by atoms with Crippen molar-refractivity contribution in [2.24, 2.45) is 5.92 Å². The number of benzene rings is 1. The van der Waals surface area contributed by atoms with E-state index >= 15 is 0 Å². The van der Waals surface area contributed by atoms with Gasteiger partial charge in [0.05, 0.1) is 0 Å². The van der Waals surface area contributed by atoms with E-state index in [-0.39, 0.29) is 36.5 Å². The number of carbonyl (C=O) groups is 3. The topological polar surface area (TPSA) is 87.3 Å². The van der Waals surface area contributed by atoms with Crippen LogP contribution in [0, 0.1) is 19.8 Å². The summed E-state index contributed by atoms with van der Waals surface area (Å²) in [7, 11) is 0. The van der Waals surface area contributed by atoms with Gasteiger partial charge in [-0.25, -0.2) is 0 Å². The molecule has 0 spiro atoms. The average molecular weight is 345 g/mol. The van der Waals surface area contributed by atoms with Gasteiger partial charge in [0.2, 0.25) is 17.7 Å². The fraction of sp³-hybridized carbons (Fsp3) is 0.526. The Kier molecular flexibility index (Phi) is 6.98. The van der Waals surface area contributed by atoms with Gasteiger partial charge >= 0.3 is 0 Å². The molecule has 1 aliphatic carbocycles. The van der Waals surface area contributed by atoms with E-state index in [0.29, 0.717) is 0 Å². The molecule has 1 fully saturated rings. The van der Waals surface area contributed by atoms with Crippen molar-refractivity contribution in [3.8, 4) is 0 Å². The van der Waals surface area contributed by atoms with Gasteiger partial charge in [-0.3, -0.25) is 25.2 Å². The van der Waals surface area contributed by atoms with E-state index in [0.717, 1.165) is 42.5 Å². The number of anilines is 1. The second-order valence-electron chi connectivity index (χ2n) is 6.74. The van der Waals surface area contributed by atoms with Crippen LogP contribution in [0.5, 0.6) is 0 Å². The lowest BCUT2D eigenvalue weighted by Crippen LogP contribution is -2.45. The molecule has 136 valence electrons. The van der Waals surface area contributed by atoms with Gasteiger partial charge in [0.15, 0.2) is 0 Å². The van der Waals surface area contributed by atoms with Crippen LogP contribution in [0.25, 0.3) is 0 Å². The molecule has 0 atom stereocenters. The molecule has 25 heavy (non-hydrogen) atoms. The van der Waals surface area contributed by atoms with Crippen LogP contribution in [0.3, 0.4) is 0 Å². The van der Waals surface area contributed by atoms with Gasteiger partial charge in [-0.15, -0.1) is 0 Å². The maximum atomic E-state index is 12.0. The summed E-state index contributed by atoms with van der Waals surface area (Å²) < 4.78 is 0. The van der Waals surface area contributed by atoms with E-state index in [1.165, 1.54) is 6.42 Å². The number of hydrazine groups is 1. The summed E-state index contributed by atoms with van der Waals surface area (Å²) in [6.45, 7) is 3.88. The molecular weight excluding hydrogens is 318 g/mol. The minimum atomic E-state index is -0.361. The first-order chi connectivity index (χ1) is 12.0. The third kappa shape index (κ3) is 6.21. The summed E-state index contributed by atoms with van der Waals surface area (Å²) in [6, 6.07) is 5.82. The number of aryl methyl sites for hydroxylation is 2. The molecule has 0 radical (unpaired) electrons. The smallest absolute Gasteiger partial charge is 0.241 e. The highest BCUT2D eigenvalue weighted by atomic mass is 16.2. The van der Waals surface area contributed by atoms with Gasteiger partial charge in [-0.05, 0) is 43.9 Å². The first-order valence-electron chi connectivity index (χ1n) is 8.91. The molecule has 6 heteroatoms. The molecule has 3 amide bonds. The number of amides is 3. The summed E-state index contributed by atoms with van der Waals surface area (Å²) in [6.07, 6.45) is 5.14. The third-order valence-electron chi connectivity index (χ3n) is 4.55. The normalized spacial score (nSPS) is 14.6. The first-order valence-corrected chi connectivity index (χ1v) is 8.91. The Labute approximate surface area is 148 Å². The molecule has 0 aliphatic heterocycles. The number of hydrogen-bond acceptors (Lipinski definition) is 3. The summed E-state index contributed by atoms with van der Waals surface area (Å²) in [4.78, 5) is 35.7. The minimum Gasteiger partial charge on any atom is -0.326 e. The van der Waals surface area contributed by atoms with Gasteiger partial charge < -0.3 is 5.32 Å². The third-order valence-corrected chi connectivity index (χ3v) is 4.55. The Morgan fingerprint density at radius 3 is 2.36 bits per heavy atom. The van der Waals surface area contributed by atoms with Gasteiger partial charge in [0.1, 0.15) is 0 Å². The van der Waals surface area contributed by atoms with E-state index in [1.807, 2.05) is 32.0 Å². The Morgan fingerprint density at radius 1 is 0.960 bits per heavy atom. The second kappa shape index (κ2) is 9.20. The summed E-state index contributed by atoms with van der Waals surface area (Å²) in [5.41, 5.74) is 7.67. The number of rotatable bonds is 5. The second-order valence-corrected chi connectivity index (χ2v) is 6.74. The Balaban J connectivity index is 1.69. The van der Waals surface area contributed by atoms with Crippen LogP contribution in [0.2, 0.25) is 0 Å². The summed E-state index contributed by atoms with van der Waals surface area (Å²) in [5.74, 6) is -0.725. The van der Waals surface area contributed by atoms with Crippen LogP contribution in [-0.2, 0) is 14.4 Å². The van der Waals surface area contributed by atoms with Crippen molar-refractivity contribution in [1.29, 1.82) is 0 Å². The van der Waals surface area contributed by atoms with Crippen LogP contribution >= 0.6 is 0 Å². The van der Waals surface area contributed by atoms with Gasteiger partial charge in [0, 0.05) is 24.4 Å². The molecule has 0 heterocycles. The zero-order valence-corrected chi connectivity index (χ0v) is 15.0. The average Bonchev–Trinajstić information content (AvgIpc) is 2.61. The molecule has 1 aromatic carbocycles. The highest BCUT2D eigenvalue weighted by Gasteiger charge is 2.21. The van der Waals surface area contributed by atoms with E-state index in [9.17, 15) is 14.4 Å². The molecule has 6 nitrogen and oxygen atoms in total. The summed E-state index contributed by atoms with van der Waals surface area (Å²) >= 11 is 0. The van der Waals surface area contributed by atoms with E-state index in [1.54, 1.807) is 0 Å². The SMILES string of the molecule is Cc1ccc(C)c(NC(=O)CCC(=O)NNC(=O)C2CCCCC2)c1. The number of nitrogens with one attached hydrogen (secondary N) is 3. The van der Waals surface area contributed by atoms with Crippen molar-refractivity contribution in [2.75, 3.05) is 5.32 Å². The fourth-order valence-corrected chi connectivity index (χ4v) is 2.97. The Bertz CT molecular complexity index is 637. The Hall–Kier alpha value is -2.37. The van der Waals surface area contributed by atoms with Gasteiger partial charge in [0.25, 0.3) is 0 Å². The zero-order valence-electron chi connectivity index (χ0n) is 15.0. The van der Waals surface area contributed by atoms with Crippen LogP contribution in [0.1, 0.15) is 56.1 Å². The molecule has 3 N–H and O–H groups in total. The molecule has 0 saturated heterocycles. The van der Waals surface area contributed by atoms with E-state index in [2.05, 4.69) is 16.2 Å². The molecule has 0 unspecified atom stereocenters. The lowest BCUT2D eigenvalue weighted by Gasteiger charge is -2.20. The lowest BCUT2D eigenvalue weighted by atomic mass is 9.89. The van der Waals surface area contributed by atoms with Crippen LogP contribution in [0.15, 0.2) is 18.2 Å². The Morgan fingerprint density at radius 2 is 1.64 bits per heavy atom. The van der Waals surface area contributed by atoms with Crippen LogP contribution < -0.4 is 16.2 Å². The largest absolute Gasteiger partial charge is 0.326 e. The van der Waals surface area contributed by atoms with Crippen molar-refractivity contribution >= 4 is 23.4 Å². The number of hydrogen-bond donors (Lipinski definition) is 3. The molecule has 1 aromatic rings. The monoisotopic (exact) mass is 345 g/mol. The highest BCUT2D eigenvalue weighted by Crippen LogP contribution is 2.23. The van der Waals surface area contributed by atoms with E-state index in [4.69, 9.17) is 0 Å². The highest BCUT2D eigenvalue weighted by molar-refractivity contribution is 5.94. The minimum absolute atomic E-state index is 0.0124. The van der Waals surface area contributed by atoms with Crippen LogP contribution in [-0.4, -0.2) is 17.7 Å². The molecule has 0 bridgehead atoms. The van der Waals surface area contributed by atoms with Crippen molar-refractivity contribution in [3.63, 3.8) is 0 Å². The van der Waals surface area contributed by atoms with Crippen molar-refractivity contribution in [2.45, 2.75) is 58.8 Å². The maximum Gasteiger partial charge on any atom is 0.241 e. The zero-order chi connectivity index (χ0) is 18.2. The fourth-order valence-electron chi connectivity index (χ4n) is 2.97. The predicted octanol–water partition coefficient (Wildman–Crippen LogP) is 2.75. The first kappa shape index (κ1) is 19.0. The predicted molar refractivity (Wildman–Crippen MR) is 96.6 cm³/mol. The van der Waals surface area contributed by atoms with Crippen molar-refractivity contribution < 1.29 is 14.4 Å². The van der Waals surface area contributed by atoms with E-state index < -0.39 is 0 Å². The quantitative estimate of drug-likeness (QED) is 0.717. The molecule has 1 saturated carbocycles. The summed E-state index contributed by atoms with van der Waals surface area (Å²) in [5, 5.41) is 2.82. The lowest BCUT2D eigenvalue weighted by molar-refractivity contribution is -0.132.